The van der Waals surface area contributed by atoms with Crippen LogP contribution in [-0.2, 0) is 0 Å². The molecule has 3 nitrogen and oxygen atoms in total. The SMILES string of the molecule is CC(c1cccnc1)N1CCCNC(C2CC2)C1. The van der Waals surface area contributed by atoms with Crippen molar-refractivity contribution in [3.63, 3.8) is 0 Å². The quantitative estimate of drug-likeness (QED) is 0.885. The van der Waals surface area contributed by atoms with Crippen LogP contribution in [0.2, 0.25) is 0 Å². The maximum absolute atomic E-state index is 4.25. The van der Waals surface area contributed by atoms with Gasteiger partial charge in [0.05, 0.1) is 0 Å². The fourth-order valence-corrected chi connectivity index (χ4v) is 2.98. The molecule has 2 atom stereocenters. The number of hydrogen-bond donors (Lipinski definition) is 1. The van der Waals surface area contributed by atoms with Gasteiger partial charge in [0, 0.05) is 37.6 Å². The average molecular weight is 245 g/mol. The van der Waals surface area contributed by atoms with Crippen LogP contribution in [0.5, 0.6) is 0 Å². The highest BCUT2D eigenvalue weighted by Crippen LogP contribution is 2.34. The topological polar surface area (TPSA) is 28.2 Å². The van der Waals surface area contributed by atoms with Crippen LogP contribution in [0.25, 0.3) is 0 Å². The van der Waals surface area contributed by atoms with Gasteiger partial charge in [0.1, 0.15) is 0 Å². The third-order valence-corrected chi connectivity index (χ3v) is 4.37. The normalized spacial score (nSPS) is 27.7. The van der Waals surface area contributed by atoms with Crippen molar-refractivity contribution in [3.8, 4) is 0 Å². The minimum atomic E-state index is 0.486. The Kier molecular flexibility index (Phi) is 3.62. The van der Waals surface area contributed by atoms with E-state index < -0.39 is 0 Å². The molecule has 0 spiro atoms. The van der Waals surface area contributed by atoms with Gasteiger partial charge in [-0.2, -0.15) is 0 Å². The molecular formula is C15H23N3. The average Bonchev–Trinajstić information content (AvgIpc) is 3.24. The summed E-state index contributed by atoms with van der Waals surface area (Å²) in [5.74, 6) is 0.937. The van der Waals surface area contributed by atoms with Crippen LogP contribution in [0.4, 0.5) is 0 Å². The first-order valence-corrected chi connectivity index (χ1v) is 7.22. The first-order chi connectivity index (χ1) is 8.84. The molecule has 2 unspecified atom stereocenters. The molecule has 3 rings (SSSR count). The van der Waals surface area contributed by atoms with Crippen LogP contribution in [0.15, 0.2) is 24.5 Å². The first-order valence-electron chi connectivity index (χ1n) is 7.22. The monoisotopic (exact) mass is 245 g/mol. The summed E-state index contributed by atoms with van der Waals surface area (Å²) in [7, 11) is 0. The van der Waals surface area contributed by atoms with Crippen molar-refractivity contribution in [2.45, 2.75) is 38.3 Å². The zero-order chi connectivity index (χ0) is 12.4. The Labute approximate surface area is 110 Å². The molecule has 1 aliphatic carbocycles. The smallest absolute Gasteiger partial charge is 0.0335 e. The summed E-state index contributed by atoms with van der Waals surface area (Å²) in [5, 5.41) is 3.72. The van der Waals surface area contributed by atoms with Crippen molar-refractivity contribution < 1.29 is 0 Å². The van der Waals surface area contributed by atoms with Crippen molar-refractivity contribution in [1.29, 1.82) is 0 Å². The van der Waals surface area contributed by atoms with Gasteiger partial charge in [0.2, 0.25) is 0 Å². The largest absolute Gasteiger partial charge is 0.312 e. The molecule has 0 bridgehead atoms. The van der Waals surface area contributed by atoms with Gasteiger partial charge in [-0.25, -0.2) is 0 Å². The van der Waals surface area contributed by atoms with Crippen molar-refractivity contribution >= 4 is 0 Å². The number of hydrogen-bond acceptors (Lipinski definition) is 3. The van der Waals surface area contributed by atoms with Gasteiger partial charge in [0.25, 0.3) is 0 Å². The van der Waals surface area contributed by atoms with E-state index in [2.05, 4.69) is 28.2 Å². The Balaban J connectivity index is 1.69. The van der Waals surface area contributed by atoms with Crippen molar-refractivity contribution in [2.24, 2.45) is 5.92 Å². The van der Waals surface area contributed by atoms with Gasteiger partial charge < -0.3 is 5.32 Å². The number of pyridine rings is 1. The highest BCUT2D eigenvalue weighted by Gasteiger charge is 2.34. The zero-order valence-electron chi connectivity index (χ0n) is 11.2. The van der Waals surface area contributed by atoms with E-state index in [9.17, 15) is 0 Å². The van der Waals surface area contributed by atoms with Gasteiger partial charge in [-0.3, -0.25) is 9.88 Å². The van der Waals surface area contributed by atoms with Crippen LogP contribution in [-0.4, -0.2) is 35.6 Å². The lowest BCUT2D eigenvalue weighted by Gasteiger charge is -2.30. The van der Waals surface area contributed by atoms with Crippen molar-refractivity contribution in [3.05, 3.63) is 30.1 Å². The lowest BCUT2D eigenvalue weighted by molar-refractivity contribution is 0.200. The van der Waals surface area contributed by atoms with Gasteiger partial charge in [-0.05, 0) is 50.3 Å². The van der Waals surface area contributed by atoms with Crippen molar-refractivity contribution in [1.82, 2.24) is 15.2 Å². The molecular weight excluding hydrogens is 222 g/mol. The minimum absolute atomic E-state index is 0.486. The molecule has 1 aromatic heterocycles. The fourth-order valence-electron chi connectivity index (χ4n) is 2.98. The molecule has 1 aromatic rings. The summed E-state index contributed by atoms with van der Waals surface area (Å²) in [5.41, 5.74) is 1.34. The predicted molar refractivity (Wildman–Crippen MR) is 73.4 cm³/mol. The third-order valence-electron chi connectivity index (χ3n) is 4.37. The molecule has 2 fully saturated rings. The summed E-state index contributed by atoms with van der Waals surface area (Å²) in [6.45, 7) is 5.89. The molecule has 2 heterocycles. The minimum Gasteiger partial charge on any atom is -0.312 e. The van der Waals surface area contributed by atoms with Gasteiger partial charge in [-0.15, -0.1) is 0 Å². The lowest BCUT2D eigenvalue weighted by Crippen LogP contribution is -2.40. The van der Waals surface area contributed by atoms with Crippen LogP contribution in [0.3, 0.4) is 0 Å². The number of rotatable bonds is 3. The van der Waals surface area contributed by atoms with E-state index in [1.54, 1.807) is 0 Å². The standard InChI is InChI=1S/C15H23N3/c1-12(14-4-2-7-16-10-14)18-9-3-8-17-15(11-18)13-5-6-13/h2,4,7,10,12-13,15,17H,3,5-6,8-9,11H2,1H3. The van der Waals surface area contributed by atoms with Crippen molar-refractivity contribution in [2.75, 3.05) is 19.6 Å². The van der Waals surface area contributed by atoms with E-state index in [1.165, 1.54) is 44.5 Å². The Bertz CT molecular complexity index is 375. The molecule has 0 amide bonds. The zero-order valence-corrected chi connectivity index (χ0v) is 11.2. The Morgan fingerprint density at radius 3 is 3.06 bits per heavy atom. The van der Waals surface area contributed by atoms with Crippen LogP contribution < -0.4 is 5.32 Å². The second kappa shape index (κ2) is 5.37. The third kappa shape index (κ3) is 2.73. The fraction of sp³-hybridized carbons (Fsp3) is 0.667. The summed E-state index contributed by atoms with van der Waals surface area (Å²) < 4.78 is 0. The molecule has 1 N–H and O–H groups in total. The van der Waals surface area contributed by atoms with E-state index in [-0.39, 0.29) is 0 Å². The van der Waals surface area contributed by atoms with E-state index >= 15 is 0 Å². The number of aromatic nitrogens is 1. The molecule has 0 aromatic carbocycles. The van der Waals surface area contributed by atoms with Gasteiger partial charge >= 0.3 is 0 Å². The molecule has 18 heavy (non-hydrogen) atoms. The molecule has 3 heteroatoms. The second-order valence-corrected chi connectivity index (χ2v) is 5.71. The summed E-state index contributed by atoms with van der Waals surface area (Å²) >= 11 is 0. The highest BCUT2D eigenvalue weighted by molar-refractivity contribution is 5.13. The molecule has 2 aliphatic rings. The Hall–Kier alpha value is -0.930. The van der Waals surface area contributed by atoms with Crippen LogP contribution in [0, 0.1) is 5.92 Å². The van der Waals surface area contributed by atoms with Crippen LogP contribution >= 0.6 is 0 Å². The Morgan fingerprint density at radius 1 is 1.44 bits per heavy atom. The molecule has 0 radical (unpaired) electrons. The Morgan fingerprint density at radius 2 is 2.33 bits per heavy atom. The predicted octanol–water partition coefficient (Wildman–Crippen LogP) is 2.22. The van der Waals surface area contributed by atoms with E-state index in [4.69, 9.17) is 0 Å². The maximum atomic E-state index is 4.25. The second-order valence-electron chi connectivity index (χ2n) is 5.71. The highest BCUT2D eigenvalue weighted by atomic mass is 15.2. The van der Waals surface area contributed by atoms with E-state index in [1.807, 2.05) is 18.5 Å². The maximum Gasteiger partial charge on any atom is 0.0335 e. The van der Waals surface area contributed by atoms with E-state index in [0.29, 0.717) is 12.1 Å². The van der Waals surface area contributed by atoms with Gasteiger partial charge in [0.15, 0.2) is 0 Å². The van der Waals surface area contributed by atoms with Crippen LogP contribution in [0.1, 0.15) is 37.8 Å². The molecule has 98 valence electrons. The molecule has 1 aliphatic heterocycles. The summed E-state index contributed by atoms with van der Waals surface area (Å²) in [4.78, 5) is 6.87. The number of nitrogens with zero attached hydrogens (tertiary/aromatic N) is 2. The summed E-state index contributed by atoms with van der Waals surface area (Å²) in [6.07, 6.45) is 7.97. The lowest BCUT2D eigenvalue weighted by atomic mass is 10.1. The molecule has 1 saturated heterocycles. The number of nitrogens with one attached hydrogen (secondary N) is 1. The molecule has 1 saturated carbocycles. The first kappa shape index (κ1) is 12.1. The van der Waals surface area contributed by atoms with Gasteiger partial charge in [-0.1, -0.05) is 6.07 Å². The summed E-state index contributed by atoms with van der Waals surface area (Å²) in [6, 6.07) is 5.44. The van der Waals surface area contributed by atoms with E-state index in [0.717, 1.165) is 5.92 Å².